The van der Waals surface area contributed by atoms with Gasteiger partial charge < -0.3 is 11.7 Å². The van der Waals surface area contributed by atoms with Gasteiger partial charge in [-0.05, 0) is 85.3 Å². The second kappa shape index (κ2) is 6.34. The Morgan fingerprint density at radius 3 is 1.09 bits per heavy atom. The van der Waals surface area contributed by atoms with Crippen LogP contribution >= 0.6 is 0 Å². The topological polar surface area (TPSA) is 101 Å². The summed E-state index contributed by atoms with van der Waals surface area (Å²) >= 11 is 0. The summed E-state index contributed by atoms with van der Waals surface area (Å²) in [5.41, 5.74) is 7.99. The maximum atomic E-state index is 5.16. The number of aryl methyl sites for hydroxylation is 4. The Kier molecular flexibility index (Phi) is 4.50. The monoisotopic (exact) mass is 296 g/mol. The van der Waals surface area contributed by atoms with E-state index in [9.17, 15) is 0 Å². The average Bonchev–Trinajstić information content (AvgIpc) is 2.46. The highest BCUT2D eigenvalue weighted by molar-refractivity contribution is 5.73. The Balaban J connectivity index is 2.58. The number of nitrogens with two attached hydrogens (primary N) is 2. The predicted octanol–water partition coefficient (Wildman–Crippen LogP) is 4.50. The first-order chi connectivity index (χ1) is 10.5. The Labute approximate surface area is 129 Å². The maximum absolute atomic E-state index is 5.16. The van der Waals surface area contributed by atoms with Crippen LogP contribution in [-0.2, 0) is 0 Å². The molecule has 4 N–H and O–H groups in total. The first-order valence-corrected chi connectivity index (χ1v) is 6.92. The molecule has 114 valence electrons. The first-order valence-electron chi connectivity index (χ1n) is 6.92. The summed E-state index contributed by atoms with van der Waals surface area (Å²) in [6.45, 7) is 7.99. The van der Waals surface area contributed by atoms with Gasteiger partial charge in [-0.3, -0.25) is 0 Å². The molecule has 0 aromatic heterocycles. The fourth-order valence-corrected chi connectivity index (χ4v) is 2.68. The summed E-state index contributed by atoms with van der Waals surface area (Å²) < 4.78 is 0. The van der Waals surface area contributed by atoms with Gasteiger partial charge in [-0.25, -0.2) is 0 Å². The number of hydrogen-bond acceptors (Lipinski definition) is 4. The van der Waals surface area contributed by atoms with Crippen molar-refractivity contribution in [1.82, 2.24) is 0 Å². The van der Waals surface area contributed by atoms with Gasteiger partial charge in [0.15, 0.2) is 0 Å². The van der Waals surface area contributed by atoms with Crippen LogP contribution in [0.4, 0.5) is 11.4 Å². The third kappa shape index (κ3) is 2.95. The van der Waals surface area contributed by atoms with Gasteiger partial charge in [0.2, 0.25) is 0 Å². The molecule has 0 radical (unpaired) electrons. The molecule has 0 unspecified atom stereocenters. The molecule has 0 saturated carbocycles. The van der Waals surface area contributed by atoms with Crippen molar-refractivity contribution in [3.63, 3.8) is 0 Å². The highest BCUT2D eigenvalue weighted by Gasteiger charge is 2.10. The summed E-state index contributed by atoms with van der Waals surface area (Å²) in [6, 6.07) is 8.31. The first kappa shape index (κ1) is 15.6. The van der Waals surface area contributed by atoms with Crippen LogP contribution in [-0.4, -0.2) is 0 Å². The largest absolute Gasteiger partial charge is 0.305 e. The second-order valence-corrected chi connectivity index (χ2v) is 5.35. The second-order valence-electron chi connectivity index (χ2n) is 5.35. The van der Waals surface area contributed by atoms with Crippen molar-refractivity contribution < 1.29 is 0 Å². The molecule has 2 aromatic carbocycles. The highest BCUT2D eigenvalue weighted by Crippen LogP contribution is 2.34. The lowest BCUT2D eigenvalue weighted by Crippen LogP contribution is -1.89. The number of rotatable bonds is 3. The summed E-state index contributed by atoms with van der Waals surface area (Å²) in [4.78, 5) is 0. The van der Waals surface area contributed by atoms with Crippen molar-refractivity contribution in [3.05, 3.63) is 46.5 Å². The zero-order valence-electron chi connectivity index (χ0n) is 13.3. The predicted molar refractivity (Wildman–Crippen MR) is 88.2 cm³/mol. The molecular formula is C16H20N6. The van der Waals surface area contributed by atoms with Crippen LogP contribution in [0, 0.1) is 27.7 Å². The van der Waals surface area contributed by atoms with E-state index in [1.54, 1.807) is 0 Å². The zero-order valence-corrected chi connectivity index (χ0v) is 13.3. The van der Waals surface area contributed by atoms with E-state index in [1.165, 1.54) is 0 Å². The number of benzene rings is 2. The molecule has 6 nitrogen and oxygen atoms in total. The van der Waals surface area contributed by atoms with Crippen LogP contribution in [0.5, 0.6) is 0 Å². The van der Waals surface area contributed by atoms with Gasteiger partial charge in [0.05, 0.1) is 11.4 Å². The van der Waals surface area contributed by atoms with E-state index < -0.39 is 0 Å². The molecule has 22 heavy (non-hydrogen) atoms. The molecule has 2 rings (SSSR count). The van der Waals surface area contributed by atoms with E-state index in [4.69, 9.17) is 11.7 Å². The van der Waals surface area contributed by atoms with E-state index in [1.807, 2.05) is 27.7 Å². The van der Waals surface area contributed by atoms with Gasteiger partial charge >= 0.3 is 0 Å². The van der Waals surface area contributed by atoms with E-state index in [-0.39, 0.29) is 0 Å². The van der Waals surface area contributed by atoms with Crippen molar-refractivity contribution in [3.8, 4) is 11.1 Å². The Morgan fingerprint density at radius 2 is 0.864 bits per heavy atom. The van der Waals surface area contributed by atoms with E-state index in [0.717, 1.165) is 44.8 Å². The van der Waals surface area contributed by atoms with Gasteiger partial charge in [0.25, 0.3) is 0 Å². The standard InChI is InChI=1S/C16H20N6/c1-9-5-13(6-10(2)15(9)19-21-17)14-7-11(3)16(20-22-18)12(4)8-14/h5-8H,1-4H3,(H2,17,19)(H2,18,20). The number of nitrogens with zero attached hydrogens (tertiary/aromatic N) is 4. The minimum Gasteiger partial charge on any atom is -0.305 e. The van der Waals surface area contributed by atoms with Gasteiger partial charge in [0, 0.05) is 0 Å². The lowest BCUT2D eigenvalue weighted by Gasteiger charge is -2.12. The maximum Gasteiger partial charge on any atom is 0.0932 e. The Bertz CT molecular complexity index is 650. The van der Waals surface area contributed by atoms with Crippen LogP contribution in [0.15, 0.2) is 44.9 Å². The van der Waals surface area contributed by atoms with Crippen LogP contribution < -0.4 is 11.7 Å². The third-order valence-corrected chi connectivity index (χ3v) is 3.63. The summed E-state index contributed by atoms with van der Waals surface area (Å²) in [6.07, 6.45) is 0. The Morgan fingerprint density at radius 1 is 0.591 bits per heavy atom. The molecule has 6 heteroatoms. The summed E-state index contributed by atoms with van der Waals surface area (Å²) in [5, 5.41) is 14.7. The summed E-state index contributed by atoms with van der Waals surface area (Å²) in [5.74, 6) is 10.3. The van der Waals surface area contributed by atoms with Gasteiger partial charge in [-0.1, -0.05) is 10.4 Å². The molecule has 0 atom stereocenters. The average molecular weight is 296 g/mol. The number of hydrogen-bond donors (Lipinski definition) is 2. The van der Waals surface area contributed by atoms with Crippen molar-refractivity contribution >= 4 is 11.4 Å². The van der Waals surface area contributed by atoms with Crippen molar-refractivity contribution in [1.29, 1.82) is 0 Å². The molecule has 0 spiro atoms. The normalized spacial score (nSPS) is 11.6. The van der Waals surface area contributed by atoms with Gasteiger partial charge in [0.1, 0.15) is 0 Å². The van der Waals surface area contributed by atoms with Crippen molar-refractivity contribution in [2.75, 3.05) is 0 Å². The smallest absolute Gasteiger partial charge is 0.0932 e. The minimum atomic E-state index is 0.813. The van der Waals surface area contributed by atoms with Crippen molar-refractivity contribution in [2.45, 2.75) is 27.7 Å². The van der Waals surface area contributed by atoms with Gasteiger partial charge in [-0.2, -0.15) is 0 Å². The third-order valence-electron chi connectivity index (χ3n) is 3.63. The molecule has 0 saturated heterocycles. The van der Waals surface area contributed by atoms with Crippen LogP contribution in [0.2, 0.25) is 0 Å². The lowest BCUT2D eigenvalue weighted by molar-refractivity contribution is 1.05. The molecule has 0 fully saturated rings. The molecular weight excluding hydrogens is 276 g/mol. The fraction of sp³-hybridized carbons (Fsp3) is 0.250. The molecule has 0 heterocycles. The van der Waals surface area contributed by atoms with Crippen LogP contribution in [0.25, 0.3) is 11.1 Å². The zero-order chi connectivity index (χ0) is 16.3. The molecule has 0 amide bonds. The SMILES string of the molecule is Cc1cc(-c2cc(C)c(N=NN)c(C)c2)cc(C)c1N=NN. The van der Waals surface area contributed by atoms with E-state index >= 15 is 0 Å². The molecule has 0 aliphatic heterocycles. The highest BCUT2D eigenvalue weighted by atomic mass is 15.3. The molecule has 2 aromatic rings. The molecule has 0 aliphatic carbocycles. The minimum absolute atomic E-state index is 0.813. The summed E-state index contributed by atoms with van der Waals surface area (Å²) in [7, 11) is 0. The molecule has 0 bridgehead atoms. The van der Waals surface area contributed by atoms with Crippen LogP contribution in [0.1, 0.15) is 22.3 Å². The van der Waals surface area contributed by atoms with E-state index in [0.29, 0.717) is 0 Å². The Hall–Kier alpha value is -2.76. The quantitative estimate of drug-likeness (QED) is 0.494. The molecule has 0 aliphatic rings. The van der Waals surface area contributed by atoms with Gasteiger partial charge in [-0.15, -0.1) is 10.2 Å². The van der Waals surface area contributed by atoms with E-state index in [2.05, 4.69) is 44.9 Å². The lowest BCUT2D eigenvalue weighted by atomic mass is 9.95. The van der Waals surface area contributed by atoms with Crippen molar-refractivity contribution in [2.24, 2.45) is 32.4 Å². The fourth-order valence-electron chi connectivity index (χ4n) is 2.68. The van der Waals surface area contributed by atoms with Crippen LogP contribution in [0.3, 0.4) is 0 Å².